The van der Waals surface area contributed by atoms with Crippen LogP contribution in [0.3, 0.4) is 0 Å². The first-order chi connectivity index (χ1) is 11.0. The van der Waals surface area contributed by atoms with E-state index in [9.17, 15) is 9.59 Å². The van der Waals surface area contributed by atoms with Crippen molar-refractivity contribution in [3.8, 4) is 0 Å². The molecule has 0 radical (unpaired) electrons. The predicted molar refractivity (Wildman–Crippen MR) is 94.1 cm³/mol. The van der Waals surface area contributed by atoms with E-state index in [0.717, 1.165) is 18.4 Å². The van der Waals surface area contributed by atoms with Gasteiger partial charge in [-0.2, -0.15) is 0 Å². The van der Waals surface area contributed by atoms with Gasteiger partial charge in [-0.05, 0) is 17.9 Å². The third-order valence-corrected chi connectivity index (χ3v) is 3.80. The van der Waals surface area contributed by atoms with E-state index in [0.29, 0.717) is 13.0 Å². The van der Waals surface area contributed by atoms with Gasteiger partial charge in [0.1, 0.15) is 6.04 Å². The van der Waals surface area contributed by atoms with E-state index >= 15 is 0 Å². The first kappa shape index (κ1) is 19.2. The molecule has 1 aromatic rings. The predicted octanol–water partition coefficient (Wildman–Crippen LogP) is 3.07. The Bertz CT molecular complexity index is 472. The lowest BCUT2D eigenvalue weighted by Crippen LogP contribution is -2.50. The molecule has 4 nitrogen and oxygen atoms in total. The number of carbonyl (C=O) groups excluding carboxylic acids is 2. The summed E-state index contributed by atoms with van der Waals surface area (Å²) in [7, 11) is 0. The molecule has 4 heteroatoms. The first-order valence-electron chi connectivity index (χ1n) is 8.65. The summed E-state index contributed by atoms with van der Waals surface area (Å²) >= 11 is 0. The molecular formula is C19H30N2O2. The van der Waals surface area contributed by atoms with E-state index in [4.69, 9.17) is 0 Å². The Hall–Kier alpha value is -1.84. The van der Waals surface area contributed by atoms with Crippen LogP contribution < -0.4 is 10.6 Å². The summed E-state index contributed by atoms with van der Waals surface area (Å²) in [6, 6.07) is 9.09. The number of benzene rings is 1. The highest BCUT2D eigenvalue weighted by atomic mass is 16.2. The number of amides is 2. The fourth-order valence-electron chi connectivity index (χ4n) is 2.41. The maximum Gasteiger partial charge on any atom is 0.242 e. The number of carbonyl (C=O) groups is 2. The van der Waals surface area contributed by atoms with Gasteiger partial charge >= 0.3 is 0 Å². The van der Waals surface area contributed by atoms with Crippen molar-refractivity contribution in [1.82, 2.24) is 10.6 Å². The highest BCUT2D eigenvalue weighted by Gasteiger charge is 2.23. The van der Waals surface area contributed by atoms with Crippen molar-refractivity contribution in [2.24, 2.45) is 5.92 Å². The third-order valence-electron chi connectivity index (χ3n) is 3.80. The van der Waals surface area contributed by atoms with Crippen LogP contribution in [0, 0.1) is 5.92 Å². The zero-order chi connectivity index (χ0) is 17.1. The smallest absolute Gasteiger partial charge is 0.242 e. The van der Waals surface area contributed by atoms with Gasteiger partial charge in [0.25, 0.3) is 0 Å². The lowest BCUT2D eigenvalue weighted by molar-refractivity contribution is -0.129. The second-order valence-corrected chi connectivity index (χ2v) is 6.30. The van der Waals surface area contributed by atoms with Crippen LogP contribution in [0.4, 0.5) is 0 Å². The molecule has 128 valence electrons. The number of hydrogen-bond donors (Lipinski definition) is 2. The van der Waals surface area contributed by atoms with Crippen LogP contribution in [-0.4, -0.2) is 24.4 Å². The monoisotopic (exact) mass is 318 g/mol. The van der Waals surface area contributed by atoms with Crippen LogP contribution >= 0.6 is 0 Å². The quantitative estimate of drug-likeness (QED) is 0.651. The molecule has 0 aliphatic heterocycles. The number of unbranched alkanes of at least 4 members (excludes halogenated alkanes) is 3. The van der Waals surface area contributed by atoms with Crippen LogP contribution in [0.2, 0.25) is 0 Å². The average molecular weight is 318 g/mol. The molecule has 0 saturated heterocycles. The van der Waals surface area contributed by atoms with Crippen LogP contribution in [0.5, 0.6) is 0 Å². The lowest BCUT2D eigenvalue weighted by atomic mass is 10.0. The summed E-state index contributed by atoms with van der Waals surface area (Å²) in [6.45, 7) is 6.74. The SMILES string of the molecule is CCCCCCNC(=O)C(NC(=O)Cc1ccccc1)C(C)C. The Morgan fingerprint density at radius 3 is 2.35 bits per heavy atom. The molecule has 0 aliphatic rings. The van der Waals surface area contributed by atoms with Gasteiger partial charge in [-0.3, -0.25) is 9.59 Å². The fraction of sp³-hybridized carbons (Fsp3) is 0.579. The van der Waals surface area contributed by atoms with E-state index in [1.54, 1.807) is 0 Å². The standard InChI is InChI=1S/C19H30N2O2/c1-4-5-6-10-13-20-19(23)18(15(2)3)21-17(22)14-16-11-8-7-9-12-16/h7-9,11-12,15,18H,4-6,10,13-14H2,1-3H3,(H,20,23)(H,21,22). The Kier molecular flexibility index (Phi) is 9.03. The van der Waals surface area contributed by atoms with Gasteiger partial charge in [-0.15, -0.1) is 0 Å². The molecule has 1 aromatic carbocycles. The number of nitrogens with one attached hydrogen (secondary N) is 2. The highest BCUT2D eigenvalue weighted by molar-refractivity contribution is 5.88. The van der Waals surface area contributed by atoms with E-state index in [1.807, 2.05) is 44.2 Å². The van der Waals surface area contributed by atoms with Crippen molar-refractivity contribution in [2.45, 2.75) is 58.9 Å². The van der Waals surface area contributed by atoms with Gasteiger partial charge in [0.15, 0.2) is 0 Å². The molecule has 1 rings (SSSR count). The van der Waals surface area contributed by atoms with E-state index in [1.165, 1.54) is 12.8 Å². The van der Waals surface area contributed by atoms with Crippen LogP contribution in [-0.2, 0) is 16.0 Å². The first-order valence-corrected chi connectivity index (χ1v) is 8.65. The molecule has 2 N–H and O–H groups in total. The molecule has 0 heterocycles. The van der Waals surface area contributed by atoms with Crippen LogP contribution in [0.25, 0.3) is 0 Å². The van der Waals surface area contributed by atoms with Crippen molar-refractivity contribution in [2.75, 3.05) is 6.54 Å². The van der Waals surface area contributed by atoms with Crippen LogP contribution in [0.1, 0.15) is 52.0 Å². The second kappa shape index (κ2) is 10.8. The Balaban J connectivity index is 2.44. The lowest BCUT2D eigenvalue weighted by Gasteiger charge is -2.21. The maximum absolute atomic E-state index is 12.3. The molecule has 0 spiro atoms. The number of hydrogen-bond acceptors (Lipinski definition) is 2. The van der Waals surface area contributed by atoms with Crippen molar-refractivity contribution in [3.63, 3.8) is 0 Å². The zero-order valence-electron chi connectivity index (χ0n) is 14.6. The minimum Gasteiger partial charge on any atom is -0.354 e. The van der Waals surface area contributed by atoms with Crippen molar-refractivity contribution >= 4 is 11.8 Å². The van der Waals surface area contributed by atoms with Gasteiger partial charge in [0.05, 0.1) is 6.42 Å². The van der Waals surface area contributed by atoms with E-state index in [-0.39, 0.29) is 17.7 Å². The van der Waals surface area contributed by atoms with Crippen molar-refractivity contribution in [1.29, 1.82) is 0 Å². The zero-order valence-corrected chi connectivity index (χ0v) is 14.6. The molecule has 23 heavy (non-hydrogen) atoms. The summed E-state index contributed by atoms with van der Waals surface area (Å²) in [5.74, 6) is -0.140. The normalized spacial score (nSPS) is 12.0. The largest absolute Gasteiger partial charge is 0.354 e. The maximum atomic E-state index is 12.3. The van der Waals surface area contributed by atoms with Gasteiger partial charge in [0.2, 0.25) is 11.8 Å². The molecule has 2 amide bonds. The summed E-state index contributed by atoms with van der Waals surface area (Å²) in [6.07, 6.45) is 4.79. The molecule has 0 fully saturated rings. The van der Waals surface area contributed by atoms with Gasteiger partial charge in [0, 0.05) is 6.54 Å². The Morgan fingerprint density at radius 1 is 1.04 bits per heavy atom. The second-order valence-electron chi connectivity index (χ2n) is 6.30. The molecule has 0 bridgehead atoms. The molecular weight excluding hydrogens is 288 g/mol. The minimum atomic E-state index is -0.475. The minimum absolute atomic E-state index is 0.0605. The summed E-state index contributed by atoms with van der Waals surface area (Å²) in [5.41, 5.74) is 0.951. The van der Waals surface area contributed by atoms with E-state index in [2.05, 4.69) is 17.6 Å². The van der Waals surface area contributed by atoms with Crippen molar-refractivity contribution in [3.05, 3.63) is 35.9 Å². The van der Waals surface area contributed by atoms with E-state index < -0.39 is 6.04 Å². The summed E-state index contributed by atoms with van der Waals surface area (Å²) in [5, 5.41) is 5.80. The average Bonchev–Trinajstić information content (AvgIpc) is 2.53. The summed E-state index contributed by atoms with van der Waals surface area (Å²) < 4.78 is 0. The van der Waals surface area contributed by atoms with Crippen LogP contribution in [0.15, 0.2) is 30.3 Å². The third kappa shape index (κ3) is 7.82. The molecule has 0 aliphatic carbocycles. The van der Waals surface area contributed by atoms with Crippen molar-refractivity contribution < 1.29 is 9.59 Å². The van der Waals surface area contributed by atoms with Gasteiger partial charge < -0.3 is 10.6 Å². The molecule has 1 atom stereocenters. The Labute approximate surface area is 140 Å². The topological polar surface area (TPSA) is 58.2 Å². The number of rotatable bonds is 10. The van der Waals surface area contributed by atoms with Gasteiger partial charge in [-0.25, -0.2) is 0 Å². The summed E-state index contributed by atoms with van der Waals surface area (Å²) in [4.78, 5) is 24.4. The molecule has 0 saturated carbocycles. The Morgan fingerprint density at radius 2 is 1.74 bits per heavy atom. The fourth-order valence-corrected chi connectivity index (χ4v) is 2.41. The molecule has 0 aromatic heterocycles. The molecule has 1 unspecified atom stereocenters. The van der Waals surface area contributed by atoms with Gasteiger partial charge in [-0.1, -0.05) is 70.4 Å². The highest BCUT2D eigenvalue weighted by Crippen LogP contribution is 2.05.